The molecule has 3 rings (SSSR count). The summed E-state index contributed by atoms with van der Waals surface area (Å²) in [6.45, 7) is 5.73. The van der Waals surface area contributed by atoms with Crippen LogP contribution in [0.2, 0.25) is 0 Å². The fourth-order valence-corrected chi connectivity index (χ4v) is 4.52. The molecule has 30 heavy (non-hydrogen) atoms. The Morgan fingerprint density at radius 3 is 2.60 bits per heavy atom. The van der Waals surface area contributed by atoms with E-state index < -0.39 is 16.1 Å². The monoisotopic (exact) mass is 432 g/mol. The molecule has 0 aromatic heterocycles. The molecule has 7 nitrogen and oxygen atoms in total. The first-order chi connectivity index (χ1) is 14.1. The van der Waals surface area contributed by atoms with Gasteiger partial charge in [-0.05, 0) is 55.2 Å². The van der Waals surface area contributed by atoms with Crippen molar-refractivity contribution in [2.45, 2.75) is 39.3 Å². The second-order valence-electron chi connectivity index (χ2n) is 7.57. The largest absolute Gasteiger partial charge is 0.496 e. The molecule has 1 amide bonds. The molecule has 0 saturated carbocycles. The summed E-state index contributed by atoms with van der Waals surface area (Å²) in [6.07, 6.45) is 0.868. The molecule has 0 aliphatic carbocycles. The summed E-state index contributed by atoms with van der Waals surface area (Å²) < 4.78 is 37.1. The van der Waals surface area contributed by atoms with Crippen LogP contribution < -0.4 is 19.1 Å². The number of carbonyl (C=O) groups is 1. The van der Waals surface area contributed by atoms with E-state index >= 15 is 0 Å². The number of nitrogens with zero attached hydrogens (tertiary/aromatic N) is 1. The molecule has 1 aliphatic rings. The van der Waals surface area contributed by atoms with Gasteiger partial charge in [0, 0.05) is 0 Å². The van der Waals surface area contributed by atoms with Crippen LogP contribution in [0.15, 0.2) is 36.4 Å². The molecule has 0 fully saturated rings. The molecule has 8 heteroatoms. The topological polar surface area (TPSA) is 84.9 Å². The molecule has 0 unspecified atom stereocenters. The van der Waals surface area contributed by atoms with Crippen molar-refractivity contribution >= 4 is 21.6 Å². The lowest BCUT2D eigenvalue weighted by atomic mass is 10.0. The summed E-state index contributed by atoms with van der Waals surface area (Å²) in [5, 5.41) is 3.01. The zero-order valence-electron chi connectivity index (χ0n) is 17.9. The molecule has 0 bridgehead atoms. The molecule has 0 radical (unpaired) electrons. The molecule has 1 N–H and O–H groups in total. The van der Waals surface area contributed by atoms with Gasteiger partial charge in [-0.2, -0.15) is 0 Å². The minimum Gasteiger partial charge on any atom is -0.496 e. The van der Waals surface area contributed by atoms with Gasteiger partial charge in [-0.15, -0.1) is 0 Å². The molecule has 0 spiro atoms. The maximum atomic E-state index is 13.0. The zero-order chi connectivity index (χ0) is 22.1. The van der Waals surface area contributed by atoms with Crippen LogP contribution in [0.1, 0.15) is 36.1 Å². The van der Waals surface area contributed by atoms with E-state index in [0.29, 0.717) is 17.9 Å². The number of benzene rings is 2. The highest BCUT2D eigenvalue weighted by atomic mass is 32.2. The molecule has 2 atom stereocenters. The highest BCUT2D eigenvalue weighted by Gasteiger charge is 2.35. The minimum atomic E-state index is -3.56. The van der Waals surface area contributed by atoms with E-state index in [0.717, 1.165) is 28.7 Å². The van der Waals surface area contributed by atoms with E-state index in [2.05, 4.69) is 5.32 Å². The van der Waals surface area contributed by atoms with Crippen molar-refractivity contribution < 1.29 is 22.7 Å². The number of carbonyl (C=O) groups excluding carboxylic acids is 1. The predicted molar refractivity (Wildman–Crippen MR) is 117 cm³/mol. The van der Waals surface area contributed by atoms with Crippen molar-refractivity contribution in [3.05, 3.63) is 53.1 Å². The Balaban J connectivity index is 1.84. The minimum absolute atomic E-state index is 0.0702. The van der Waals surface area contributed by atoms with Crippen molar-refractivity contribution in [3.63, 3.8) is 0 Å². The van der Waals surface area contributed by atoms with Gasteiger partial charge < -0.3 is 14.8 Å². The number of nitrogens with one attached hydrogen (secondary N) is 1. The van der Waals surface area contributed by atoms with Crippen LogP contribution in [0.4, 0.5) is 5.69 Å². The fraction of sp³-hybridized carbons (Fsp3) is 0.409. The lowest BCUT2D eigenvalue weighted by Gasteiger charge is -2.34. The van der Waals surface area contributed by atoms with Gasteiger partial charge in [0.05, 0.1) is 31.6 Å². The van der Waals surface area contributed by atoms with Gasteiger partial charge in [-0.1, -0.05) is 25.1 Å². The first-order valence-electron chi connectivity index (χ1n) is 9.84. The number of aryl methyl sites for hydroxylation is 2. The Labute approximate surface area is 178 Å². The van der Waals surface area contributed by atoms with Gasteiger partial charge in [-0.3, -0.25) is 9.10 Å². The van der Waals surface area contributed by atoms with Crippen molar-refractivity contribution in [3.8, 4) is 11.5 Å². The van der Waals surface area contributed by atoms with E-state index in [9.17, 15) is 13.2 Å². The average molecular weight is 433 g/mol. The van der Waals surface area contributed by atoms with E-state index in [-0.39, 0.29) is 18.5 Å². The van der Waals surface area contributed by atoms with Crippen molar-refractivity contribution in [2.75, 3.05) is 24.2 Å². The van der Waals surface area contributed by atoms with Gasteiger partial charge in [0.25, 0.3) is 5.91 Å². The van der Waals surface area contributed by atoms with Crippen LogP contribution in [0.25, 0.3) is 0 Å². The van der Waals surface area contributed by atoms with Gasteiger partial charge in [0.15, 0.2) is 6.10 Å². The van der Waals surface area contributed by atoms with Crippen molar-refractivity contribution in [1.29, 1.82) is 0 Å². The van der Waals surface area contributed by atoms with Gasteiger partial charge >= 0.3 is 0 Å². The second-order valence-corrected chi connectivity index (χ2v) is 9.48. The fourth-order valence-electron chi connectivity index (χ4n) is 3.62. The normalized spacial score (nSPS) is 17.0. The predicted octanol–water partition coefficient (Wildman–Crippen LogP) is 3.11. The molecule has 2 aromatic rings. The number of fused-ring (bicyclic) bond motifs is 1. The third kappa shape index (κ3) is 4.53. The van der Waals surface area contributed by atoms with Crippen LogP contribution in [0.3, 0.4) is 0 Å². The Hall–Kier alpha value is -2.74. The number of sulfonamides is 1. The smallest absolute Gasteiger partial charge is 0.263 e. The summed E-state index contributed by atoms with van der Waals surface area (Å²) in [7, 11) is -1.94. The van der Waals surface area contributed by atoms with Crippen LogP contribution in [-0.2, 0) is 14.8 Å². The molecular formula is C22H28N2O5S. The number of methoxy groups -OCH3 is 1. The highest BCUT2D eigenvalue weighted by Crippen LogP contribution is 2.36. The SMILES string of the molecule is CC[C@H](NC(=O)[C@H]1CN(S(C)(=O)=O)c2cc(C)ccc2O1)c1ccc(OC)c(C)c1. The summed E-state index contributed by atoms with van der Waals surface area (Å²) in [6, 6.07) is 10.8. The zero-order valence-corrected chi connectivity index (χ0v) is 18.7. The van der Waals surface area contributed by atoms with Crippen molar-refractivity contribution in [1.82, 2.24) is 5.32 Å². The highest BCUT2D eigenvalue weighted by molar-refractivity contribution is 7.92. The lowest BCUT2D eigenvalue weighted by Crippen LogP contribution is -2.51. The molecule has 1 heterocycles. The lowest BCUT2D eigenvalue weighted by molar-refractivity contribution is -0.128. The maximum absolute atomic E-state index is 13.0. The summed E-state index contributed by atoms with van der Waals surface area (Å²) >= 11 is 0. The maximum Gasteiger partial charge on any atom is 0.263 e. The van der Waals surface area contributed by atoms with Crippen LogP contribution in [0.5, 0.6) is 11.5 Å². The Bertz CT molecular complexity index is 1050. The second kappa shape index (κ2) is 8.55. The molecule has 0 saturated heterocycles. The number of anilines is 1. The number of amides is 1. The van der Waals surface area contributed by atoms with E-state index in [1.54, 1.807) is 19.2 Å². The first kappa shape index (κ1) is 22.0. The van der Waals surface area contributed by atoms with E-state index in [1.165, 1.54) is 4.31 Å². The molecular weight excluding hydrogens is 404 g/mol. The molecule has 1 aliphatic heterocycles. The summed E-state index contributed by atoms with van der Waals surface area (Å²) in [4.78, 5) is 13.0. The third-order valence-corrected chi connectivity index (χ3v) is 6.37. The average Bonchev–Trinajstić information content (AvgIpc) is 2.70. The van der Waals surface area contributed by atoms with E-state index in [1.807, 2.05) is 45.0 Å². The first-order valence-corrected chi connectivity index (χ1v) is 11.7. The molecule has 2 aromatic carbocycles. The van der Waals surface area contributed by atoms with Crippen LogP contribution >= 0.6 is 0 Å². The quantitative estimate of drug-likeness (QED) is 0.758. The number of hydrogen-bond acceptors (Lipinski definition) is 5. The summed E-state index contributed by atoms with van der Waals surface area (Å²) in [5.41, 5.74) is 3.30. The Morgan fingerprint density at radius 1 is 1.27 bits per heavy atom. The number of ether oxygens (including phenoxy) is 2. The van der Waals surface area contributed by atoms with Gasteiger partial charge in [0.1, 0.15) is 11.5 Å². The Kier molecular flexibility index (Phi) is 6.26. The number of hydrogen-bond donors (Lipinski definition) is 1. The van der Waals surface area contributed by atoms with Crippen LogP contribution in [-0.4, -0.2) is 40.3 Å². The van der Waals surface area contributed by atoms with Gasteiger partial charge in [-0.25, -0.2) is 8.42 Å². The molecule has 162 valence electrons. The van der Waals surface area contributed by atoms with Gasteiger partial charge in [0.2, 0.25) is 10.0 Å². The number of rotatable bonds is 6. The summed E-state index contributed by atoms with van der Waals surface area (Å²) in [5.74, 6) is 0.812. The third-order valence-electron chi connectivity index (χ3n) is 5.22. The Morgan fingerprint density at radius 2 is 2.00 bits per heavy atom. The van der Waals surface area contributed by atoms with E-state index in [4.69, 9.17) is 9.47 Å². The standard InChI is InChI=1S/C22H28N2O5S/c1-6-17(16-8-10-19(28-4)15(3)12-16)23-22(25)21-13-24(30(5,26)27)18-11-14(2)7-9-20(18)29-21/h7-12,17,21H,6,13H2,1-5H3,(H,23,25)/t17-,21+/m0/s1. The van der Waals surface area contributed by atoms with Crippen LogP contribution in [0, 0.1) is 13.8 Å². The van der Waals surface area contributed by atoms with Crippen molar-refractivity contribution in [2.24, 2.45) is 0 Å².